The zero-order valence-corrected chi connectivity index (χ0v) is 20.9. The lowest BCUT2D eigenvalue weighted by Gasteiger charge is -2.32. The molecule has 2 aliphatic rings. The Labute approximate surface area is 209 Å². The van der Waals surface area contributed by atoms with Crippen molar-refractivity contribution in [1.29, 1.82) is 0 Å². The van der Waals surface area contributed by atoms with Crippen molar-refractivity contribution in [1.82, 2.24) is 14.7 Å². The zero-order chi connectivity index (χ0) is 24.5. The van der Waals surface area contributed by atoms with Crippen molar-refractivity contribution >= 4 is 5.91 Å². The summed E-state index contributed by atoms with van der Waals surface area (Å²) in [6, 6.07) is 17.7. The number of hydrogen-bond donors (Lipinski definition) is 1. The fourth-order valence-electron chi connectivity index (χ4n) is 4.90. The lowest BCUT2D eigenvalue weighted by molar-refractivity contribution is -0.132. The molecule has 1 amide bonds. The van der Waals surface area contributed by atoms with E-state index < -0.39 is 5.60 Å². The van der Waals surface area contributed by atoms with E-state index in [1.807, 2.05) is 42.5 Å². The first-order chi connectivity index (χ1) is 17.0. The van der Waals surface area contributed by atoms with E-state index in [0.717, 1.165) is 17.9 Å². The van der Waals surface area contributed by atoms with Crippen LogP contribution in [0.1, 0.15) is 31.7 Å². The minimum atomic E-state index is -1.16. The normalized spacial score (nSPS) is 21.9. The van der Waals surface area contributed by atoms with E-state index >= 15 is 0 Å². The zero-order valence-electron chi connectivity index (χ0n) is 20.9. The van der Waals surface area contributed by atoms with Crippen molar-refractivity contribution in [2.45, 2.75) is 38.3 Å². The number of piperidine rings is 1. The van der Waals surface area contributed by atoms with Crippen molar-refractivity contribution in [3.8, 4) is 11.5 Å². The Kier molecular flexibility index (Phi) is 9.01. The molecule has 2 heterocycles. The van der Waals surface area contributed by atoms with Crippen LogP contribution in [0, 0.1) is 0 Å². The number of nitrogens with zero attached hydrogens (tertiary/aromatic N) is 3. The molecule has 2 fully saturated rings. The van der Waals surface area contributed by atoms with Gasteiger partial charge in [-0.1, -0.05) is 36.8 Å². The van der Waals surface area contributed by atoms with Crippen molar-refractivity contribution in [3.05, 3.63) is 60.2 Å². The Hall–Kier alpha value is -2.61. The molecule has 2 aromatic carbocycles. The topological polar surface area (TPSA) is 65.5 Å². The number of para-hydroxylation sites is 1. The van der Waals surface area contributed by atoms with Crippen LogP contribution in [0.2, 0.25) is 0 Å². The summed E-state index contributed by atoms with van der Waals surface area (Å²) in [5.74, 6) is 1.56. The van der Waals surface area contributed by atoms with E-state index in [2.05, 4.69) is 21.9 Å². The van der Waals surface area contributed by atoms with Crippen LogP contribution in [0.25, 0.3) is 0 Å². The van der Waals surface area contributed by atoms with Gasteiger partial charge in [-0.05, 0) is 55.8 Å². The fraction of sp³-hybridized carbons (Fsp3) is 0.536. The summed E-state index contributed by atoms with van der Waals surface area (Å²) in [6.07, 6.45) is 3.94. The second kappa shape index (κ2) is 12.4. The first kappa shape index (κ1) is 25.5. The molecule has 0 spiro atoms. The third-order valence-electron chi connectivity index (χ3n) is 6.84. The van der Waals surface area contributed by atoms with Crippen LogP contribution >= 0.6 is 0 Å². The summed E-state index contributed by atoms with van der Waals surface area (Å²) < 4.78 is 11.9. The quantitative estimate of drug-likeness (QED) is 0.594. The molecule has 0 radical (unpaired) electrons. The highest BCUT2D eigenvalue weighted by Crippen LogP contribution is 2.21. The predicted molar refractivity (Wildman–Crippen MR) is 137 cm³/mol. The lowest BCUT2D eigenvalue weighted by atomic mass is 10.0. The number of carbonyl (C=O) groups is 1. The second-order valence-corrected chi connectivity index (χ2v) is 9.87. The molecule has 7 heteroatoms. The maximum absolute atomic E-state index is 12.1. The van der Waals surface area contributed by atoms with Crippen LogP contribution in [0.5, 0.6) is 11.5 Å². The van der Waals surface area contributed by atoms with Gasteiger partial charge in [-0.25, -0.2) is 0 Å². The van der Waals surface area contributed by atoms with Gasteiger partial charge in [-0.15, -0.1) is 0 Å². The average molecular weight is 482 g/mol. The van der Waals surface area contributed by atoms with Gasteiger partial charge < -0.3 is 19.5 Å². The molecule has 1 atom stereocenters. The van der Waals surface area contributed by atoms with Gasteiger partial charge in [0.25, 0.3) is 0 Å². The van der Waals surface area contributed by atoms with Gasteiger partial charge in [0.05, 0.1) is 6.54 Å². The number of β-amino-alcohol motifs (C(OH)–C–C–N with tert-alkyl or cyclic N) is 1. The molecule has 2 aromatic rings. The first-order valence-electron chi connectivity index (χ1n) is 12.8. The van der Waals surface area contributed by atoms with E-state index in [4.69, 9.17) is 9.47 Å². The summed E-state index contributed by atoms with van der Waals surface area (Å²) in [5, 5.41) is 11.4. The molecule has 0 saturated carbocycles. The molecule has 0 aromatic heterocycles. The van der Waals surface area contributed by atoms with Crippen LogP contribution in [-0.4, -0.2) is 90.3 Å². The number of carbonyl (C=O) groups excluding carboxylic acids is 1. The van der Waals surface area contributed by atoms with Crippen molar-refractivity contribution in [2.24, 2.45) is 0 Å². The molecular formula is C28H39N3O4. The summed E-state index contributed by atoms with van der Waals surface area (Å²) in [4.78, 5) is 18.5. The molecule has 0 aliphatic carbocycles. The van der Waals surface area contributed by atoms with Gasteiger partial charge in [0.15, 0.2) is 0 Å². The van der Waals surface area contributed by atoms with Crippen LogP contribution in [-0.2, 0) is 11.3 Å². The molecule has 1 N–H and O–H groups in total. The maximum Gasteiger partial charge on any atom is 0.219 e. The highest BCUT2D eigenvalue weighted by atomic mass is 16.5. The van der Waals surface area contributed by atoms with Gasteiger partial charge in [0, 0.05) is 39.6 Å². The van der Waals surface area contributed by atoms with Gasteiger partial charge in [0.1, 0.15) is 30.3 Å². The Morgan fingerprint density at radius 3 is 2.29 bits per heavy atom. The predicted octanol–water partition coefficient (Wildman–Crippen LogP) is 3.03. The SMILES string of the molecule is CC(=O)N1CCN(Cc2ccc(OCCN3CCCCC3)cc2)CC(O)(COc2ccccc2)C1. The van der Waals surface area contributed by atoms with Crippen LogP contribution in [0.3, 0.4) is 0 Å². The Morgan fingerprint density at radius 1 is 0.857 bits per heavy atom. The van der Waals surface area contributed by atoms with E-state index in [1.165, 1.54) is 32.4 Å². The van der Waals surface area contributed by atoms with Crippen LogP contribution < -0.4 is 9.47 Å². The van der Waals surface area contributed by atoms with Crippen LogP contribution in [0.4, 0.5) is 0 Å². The molecular weight excluding hydrogens is 442 g/mol. The first-order valence-corrected chi connectivity index (χ1v) is 12.8. The molecule has 35 heavy (non-hydrogen) atoms. The van der Waals surface area contributed by atoms with Crippen molar-refractivity contribution in [3.63, 3.8) is 0 Å². The second-order valence-electron chi connectivity index (χ2n) is 9.87. The van der Waals surface area contributed by atoms with Crippen molar-refractivity contribution < 1.29 is 19.4 Å². The third-order valence-corrected chi connectivity index (χ3v) is 6.84. The molecule has 7 nitrogen and oxygen atoms in total. The van der Waals surface area contributed by atoms with Crippen molar-refractivity contribution in [2.75, 3.05) is 59.0 Å². The minimum Gasteiger partial charge on any atom is -0.492 e. The summed E-state index contributed by atoms with van der Waals surface area (Å²) in [6.45, 7) is 8.39. The van der Waals surface area contributed by atoms with Gasteiger partial charge in [-0.3, -0.25) is 14.6 Å². The van der Waals surface area contributed by atoms with Gasteiger partial charge in [0.2, 0.25) is 5.91 Å². The van der Waals surface area contributed by atoms with E-state index in [9.17, 15) is 9.90 Å². The number of rotatable bonds is 9. The van der Waals surface area contributed by atoms with Gasteiger partial charge in [-0.2, -0.15) is 0 Å². The fourth-order valence-corrected chi connectivity index (χ4v) is 4.90. The van der Waals surface area contributed by atoms with E-state index in [1.54, 1.807) is 11.8 Å². The highest BCUT2D eigenvalue weighted by molar-refractivity contribution is 5.73. The number of amides is 1. The summed E-state index contributed by atoms with van der Waals surface area (Å²) in [5.41, 5.74) is -0.00817. The smallest absolute Gasteiger partial charge is 0.219 e. The lowest BCUT2D eigenvalue weighted by Crippen LogP contribution is -2.51. The van der Waals surface area contributed by atoms with E-state index in [0.29, 0.717) is 38.5 Å². The average Bonchev–Trinajstić information content (AvgIpc) is 3.04. The Morgan fingerprint density at radius 2 is 1.57 bits per heavy atom. The number of ether oxygens (including phenoxy) is 2. The molecule has 4 rings (SSSR count). The number of benzene rings is 2. The van der Waals surface area contributed by atoms with Gasteiger partial charge >= 0.3 is 0 Å². The van der Waals surface area contributed by atoms with Crippen LogP contribution in [0.15, 0.2) is 54.6 Å². The molecule has 190 valence electrons. The molecule has 1 unspecified atom stereocenters. The number of likely N-dealkylation sites (tertiary alicyclic amines) is 1. The molecule has 2 saturated heterocycles. The monoisotopic (exact) mass is 481 g/mol. The van der Waals surface area contributed by atoms with E-state index in [-0.39, 0.29) is 19.1 Å². The summed E-state index contributed by atoms with van der Waals surface area (Å²) in [7, 11) is 0. The Balaban J connectivity index is 1.32. The third kappa shape index (κ3) is 7.95. The number of aliphatic hydroxyl groups is 1. The number of hydrogen-bond acceptors (Lipinski definition) is 6. The maximum atomic E-state index is 12.1. The Bertz CT molecular complexity index is 918. The minimum absolute atomic E-state index is 0.0314. The molecule has 0 bridgehead atoms. The standard InChI is InChI=1S/C28H39N3O4/c1-24(32)31-17-16-30(21-28(33,22-31)23-35-26-8-4-2-5-9-26)20-25-10-12-27(13-11-25)34-19-18-29-14-6-3-7-15-29/h2,4-5,8-13,33H,3,6-7,14-23H2,1H3. The summed E-state index contributed by atoms with van der Waals surface area (Å²) >= 11 is 0. The molecule has 2 aliphatic heterocycles. The largest absolute Gasteiger partial charge is 0.492 e. The highest BCUT2D eigenvalue weighted by Gasteiger charge is 2.36.